The molecular weight excluding hydrogens is 236 g/mol. The third-order valence-corrected chi connectivity index (χ3v) is 4.30. The van der Waals surface area contributed by atoms with Crippen molar-refractivity contribution in [2.75, 3.05) is 5.75 Å². The third-order valence-electron chi connectivity index (χ3n) is 1.90. The molecule has 0 atom stereocenters. The normalized spacial score (nSPS) is 11.3. The number of halogens is 1. The third kappa shape index (κ3) is 2.79. The summed E-state index contributed by atoms with van der Waals surface area (Å²) in [6.45, 7) is 1.78. The van der Waals surface area contributed by atoms with E-state index in [1.807, 2.05) is 0 Å². The van der Waals surface area contributed by atoms with Gasteiger partial charge in [-0.15, -0.1) is 0 Å². The molecule has 0 radical (unpaired) electrons. The van der Waals surface area contributed by atoms with Gasteiger partial charge >= 0.3 is 0 Å². The molecule has 0 saturated heterocycles. The first-order chi connectivity index (χ1) is 7.01. The van der Waals surface area contributed by atoms with E-state index in [1.165, 1.54) is 18.2 Å². The molecular formula is C10H11ClO3S. The van der Waals surface area contributed by atoms with E-state index in [0.29, 0.717) is 18.3 Å². The molecule has 3 nitrogen and oxygen atoms in total. The standard InChI is InChI=1S/C10H11ClO3S/c1-2-5-15(13,14)10-4-3-8(7-12)6-9(10)11/h3-4,6-7H,2,5H2,1H3. The maximum Gasteiger partial charge on any atom is 0.179 e. The Morgan fingerprint density at radius 3 is 2.53 bits per heavy atom. The van der Waals surface area contributed by atoms with Crippen molar-refractivity contribution in [2.24, 2.45) is 0 Å². The number of hydrogen-bond donors (Lipinski definition) is 0. The lowest BCUT2D eigenvalue weighted by Gasteiger charge is -2.05. The average molecular weight is 247 g/mol. The van der Waals surface area contributed by atoms with E-state index >= 15 is 0 Å². The van der Waals surface area contributed by atoms with Crippen molar-refractivity contribution in [3.63, 3.8) is 0 Å². The molecule has 0 bridgehead atoms. The van der Waals surface area contributed by atoms with Crippen LogP contribution in [-0.2, 0) is 9.84 Å². The van der Waals surface area contributed by atoms with Crippen LogP contribution in [0.2, 0.25) is 5.02 Å². The topological polar surface area (TPSA) is 51.2 Å². The predicted molar refractivity (Wildman–Crippen MR) is 59.2 cm³/mol. The Morgan fingerprint density at radius 2 is 2.07 bits per heavy atom. The molecule has 0 amide bonds. The van der Waals surface area contributed by atoms with E-state index < -0.39 is 9.84 Å². The van der Waals surface area contributed by atoms with Crippen molar-refractivity contribution in [1.29, 1.82) is 0 Å². The van der Waals surface area contributed by atoms with Gasteiger partial charge in [0, 0.05) is 5.56 Å². The Hall–Kier alpha value is -0.870. The summed E-state index contributed by atoms with van der Waals surface area (Å²) in [6.07, 6.45) is 1.16. The van der Waals surface area contributed by atoms with Crippen LogP contribution >= 0.6 is 11.6 Å². The number of benzene rings is 1. The first-order valence-electron chi connectivity index (χ1n) is 4.48. The molecule has 15 heavy (non-hydrogen) atoms. The highest BCUT2D eigenvalue weighted by Gasteiger charge is 2.16. The van der Waals surface area contributed by atoms with Crippen LogP contribution in [0.3, 0.4) is 0 Å². The Morgan fingerprint density at radius 1 is 1.40 bits per heavy atom. The molecule has 0 aliphatic carbocycles. The Bertz CT molecular complexity index is 466. The van der Waals surface area contributed by atoms with Crippen LogP contribution in [0.1, 0.15) is 23.7 Å². The van der Waals surface area contributed by atoms with Crippen molar-refractivity contribution in [3.8, 4) is 0 Å². The zero-order chi connectivity index (χ0) is 11.5. The fourth-order valence-corrected chi connectivity index (χ4v) is 3.15. The van der Waals surface area contributed by atoms with Gasteiger partial charge in [0.1, 0.15) is 6.29 Å². The molecule has 0 spiro atoms. The molecule has 0 unspecified atom stereocenters. The highest BCUT2D eigenvalue weighted by molar-refractivity contribution is 7.91. The summed E-state index contributed by atoms with van der Waals surface area (Å²) in [7, 11) is -3.31. The summed E-state index contributed by atoms with van der Waals surface area (Å²) in [5, 5.41) is 0.105. The highest BCUT2D eigenvalue weighted by Crippen LogP contribution is 2.23. The van der Waals surface area contributed by atoms with Gasteiger partial charge < -0.3 is 0 Å². The van der Waals surface area contributed by atoms with E-state index in [2.05, 4.69) is 0 Å². The number of carbonyl (C=O) groups excluding carboxylic acids is 1. The van der Waals surface area contributed by atoms with Gasteiger partial charge in [-0.25, -0.2) is 8.42 Å². The zero-order valence-electron chi connectivity index (χ0n) is 8.23. The molecule has 1 aromatic rings. The quantitative estimate of drug-likeness (QED) is 0.767. The molecule has 0 aliphatic rings. The van der Waals surface area contributed by atoms with Gasteiger partial charge in [-0.2, -0.15) is 0 Å². The van der Waals surface area contributed by atoms with Crippen LogP contribution in [-0.4, -0.2) is 20.5 Å². The minimum absolute atomic E-state index is 0.0627. The lowest BCUT2D eigenvalue weighted by Crippen LogP contribution is -2.06. The maximum absolute atomic E-state index is 11.7. The monoisotopic (exact) mass is 246 g/mol. The summed E-state index contributed by atoms with van der Waals surface area (Å²) >= 11 is 5.79. The molecule has 0 heterocycles. The van der Waals surface area contributed by atoms with E-state index in [-0.39, 0.29) is 15.7 Å². The smallest absolute Gasteiger partial charge is 0.179 e. The summed E-state index contributed by atoms with van der Waals surface area (Å²) in [5.41, 5.74) is 0.371. The maximum atomic E-state index is 11.7. The van der Waals surface area contributed by atoms with E-state index in [9.17, 15) is 13.2 Å². The summed E-state index contributed by atoms with van der Waals surface area (Å²) in [4.78, 5) is 10.5. The van der Waals surface area contributed by atoms with Crippen molar-refractivity contribution < 1.29 is 13.2 Å². The lowest BCUT2D eigenvalue weighted by molar-refractivity contribution is 0.112. The highest BCUT2D eigenvalue weighted by atomic mass is 35.5. The zero-order valence-corrected chi connectivity index (χ0v) is 9.81. The van der Waals surface area contributed by atoms with Crippen molar-refractivity contribution in [1.82, 2.24) is 0 Å². The Balaban J connectivity index is 3.22. The molecule has 5 heteroatoms. The molecule has 0 saturated carbocycles. The van der Waals surface area contributed by atoms with Crippen molar-refractivity contribution >= 4 is 27.7 Å². The largest absolute Gasteiger partial charge is 0.298 e. The molecule has 1 rings (SSSR count). The van der Waals surface area contributed by atoms with Gasteiger partial charge in [0.05, 0.1) is 15.7 Å². The van der Waals surface area contributed by atoms with Gasteiger partial charge in [0.15, 0.2) is 9.84 Å². The number of rotatable bonds is 4. The van der Waals surface area contributed by atoms with Gasteiger partial charge in [0.2, 0.25) is 0 Å². The predicted octanol–water partition coefficient (Wildman–Crippen LogP) is 2.34. The summed E-state index contributed by atoms with van der Waals surface area (Å²) in [5.74, 6) is 0.0627. The fraction of sp³-hybridized carbons (Fsp3) is 0.300. The minimum Gasteiger partial charge on any atom is -0.298 e. The fourth-order valence-electron chi connectivity index (χ4n) is 1.22. The molecule has 0 fully saturated rings. The lowest BCUT2D eigenvalue weighted by atomic mass is 10.2. The number of carbonyl (C=O) groups is 1. The van der Waals surface area contributed by atoms with E-state index in [0.717, 1.165) is 0 Å². The van der Waals surface area contributed by atoms with Gasteiger partial charge in [-0.05, 0) is 18.6 Å². The minimum atomic E-state index is -3.31. The second kappa shape index (κ2) is 4.77. The van der Waals surface area contributed by atoms with Crippen LogP contribution in [0.5, 0.6) is 0 Å². The van der Waals surface area contributed by atoms with Crippen LogP contribution < -0.4 is 0 Å². The Kier molecular flexibility index (Phi) is 3.88. The van der Waals surface area contributed by atoms with Gasteiger partial charge in [-0.1, -0.05) is 24.6 Å². The molecule has 0 aromatic heterocycles. The summed E-state index contributed by atoms with van der Waals surface area (Å²) < 4.78 is 23.4. The molecule has 0 N–H and O–H groups in total. The van der Waals surface area contributed by atoms with Crippen molar-refractivity contribution in [2.45, 2.75) is 18.2 Å². The van der Waals surface area contributed by atoms with Crippen molar-refractivity contribution in [3.05, 3.63) is 28.8 Å². The van der Waals surface area contributed by atoms with Gasteiger partial charge in [0.25, 0.3) is 0 Å². The molecule has 82 valence electrons. The first-order valence-corrected chi connectivity index (χ1v) is 6.51. The number of hydrogen-bond acceptors (Lipinski definition) is 3. The van der Waals surface area contributed by atoms with Crippen LogP contribution in [0.15, 0.2) is 23.1 Å². The first kappa shape index (κ1) is 12.2. The second-order valence-electron chi connectivity index (χ2n) is 3.13. The van der Waals surface area contributed by atoms with Gasteiger partial charge in [-0.3, -0.25) is 4.79 Å². The molecule has 0 aliphatic heterocycles. The van der Waals surface area contributed by atoms with E-state index in [1.54, 1.807) is 6.92 Å². The van der Waals surface area contributed by atoms with Crippen LogP contribution in [0, 0.1) is 0 Å². The Labute approximate surface area is 94.0 Å². The SMILES string of the molecule is CCCS(=O)(=O)c1ccc(C=O)cc1Cl. The molecule has 1 aromatic carbocycles. The number of sulfone groups is 1. The second-order valence-corrected chi connectivity index (χ2v) is 5.61. The van der Waals surface area contributed by atoms with Crippen LogP contribution in [0.25, 0.3) is 0 Å². The average Bonchev–Trinajstić information content (AvgIpc) is 2.17. The number of aldehydes is 1. The van der Waals surface area contributed by atoms with Crippen LogP contribution in [0.4, 0.5) is 0 Å². The van der Waals surface area contributed by atoms with E-state index in [4.69, 9.17) is 11.6 Å². The summed E-state index contributed by atoms with van der Waals surface area (Å²) in [6, 6.07) is 4.18.